The topological polar surface area (TPSA) is 106 Å². The third-order valence-corrected chi connectivity index (χ3v) is 4.87. The summed E-state index contributed by atoms with van der Waals surface area (Å²) in [7, 11) is 3.04. The van der Waals surface area contributed by atoms with Crippen LogP contribution in [0.1, 0.15) is 20.7 Å². The van der Waals surface area contributed by atoms with Crippen molar-refractivity contribution in [3.05, 3.63) is 82.9 Å². The normalized spacial score (nSPS) is 10.2. The van der Waals surface area contributed by atoms with E-state index in [1.165, 1.54) is 19.2 Å². The van der Waals surface area contributed by atoms with Crippen LogP contribution in [-0.2, 0) is 4.79 Å². The summed E-state index contributed by atoms with van der Waals surface area (Å²) in [5.74, 6) is 0.00189. The maximum absolute atomic E-state index is 12.5. The Labute approximate surface area is 195 Å². The zero-order chi connectivity index (χ0) is 23.8. The van der Waals surface area contributed by atoms with Gasteiger partial charge in [0.1, 0.15) is 11.5 Å². The fraction of sp³-hybridized carbons (Fsp3) is 0.125. The lowest BCUT2D eigenvalue weighted by molar-refractivity contribution is -0.118. The first-order valence-electron chi connectivity index (χ1n) is 9.89. The van der Waals surface area contributed by atoms with E-state index >= 15 is 0 Å². The Balaban J connectivity index is 1.55. The van der Waals surface area contributed by atoms with Crippen LogP contribution in [0.2, 0.25) is 5.02 Å². The van der Waals surface area contributed by atoms with Gasteiger partial charge in [-0.15, -0.1) is 0 Å². The second-order valence-corrected chi connectivity index (χ2v) is 7.23. The molecule has 0 unspecified atom stereocenters. The zero-order valence-electron chi connectivity index (χ0n) is 18.0. The maximum atomic E-state index is 12.5. The smallest absolute Gasteiger partial charge is 0.262 e. The summed E-state index contributed by atoms with van der Waals surface area (Å²) in [6.07, 6.45) is 0. The molecule has 0 aliphatic rings. The van der Waals surface area contributed by atoms with E-state index in [0.29, 0.717) is 28.4 Å². The Kier molecular flexibility index (Phi) is 7.88. The Bertz CT molecular complexity index is 1170. The van der Waals surface area contributed by atoms with Gasteiger partial charge >= 0.3 is 0 Å². The molecule has 33 heavy (non-hydrogen) atoms. The first-order valence-corrected chi connectivity index (χ1v) is 10.3. The van der Waals surface area contributed by atoms with Gasteiger partial charge in [0, 0.05) is 30.1 Å². The molecule has 0 radical (unpaired) electrons. The Morgan fingerprint density at radius 1 is 0.848 bits per heavy atom. The van der Waals surface area contributed by atoms with Crippen LogP contribution in [0.4, 0.5) is 11.4 Å². The monoisotopic (exact) mass is 467 g/mol. The molecular formula is C24H22ClN3O5. The predicted molar refractivity (Wildman–Crippen MR) is 126 cm³/mol. The SMILES string of the molecule is CNC(=O)c1cc(NC(=O)c2ccc(OCC(=O)Nc3cccc(OC)c3)cc2)ccc1Cl. The molecule has 0 bridgehead atoms. The number of carbonyl (C=O) groups excluding carboxylic acids is 3. The molecule has 0 spiro atoms. The third kappa shape index (κ3) is 6.47. The minimum absolute atomic E-state index is 0.199. The average Bonchev–Trinajstić information content (AvgIpc) is 2.83. The molecule has 3 rings (SSSR count). The second-order valence-electron chi connectivity index (χ2n) is 6.82. The standard InChI is InChI=1S/C24H22ClN3O5/c1-26-24(31)20-13-17(8-11-21(20)25)28-23(30)15-6-9-18(10-7-15)33-14-22(29)27-16-4-3-5-19(12-16)32-2/h3-13H,14H2,1-2H3,(H,26,31)(H,27,29)(H,28,30). The number of anilines is 2. The molecule has 3 aromatic carbocycles. The van der Waals surface area contributed by atoms with Gasteiger partial charge in [-0.25, -0.2) is 0 Å². The van der Waals surface area contributed by atoms with Gasteiger partial charge < -0.3 is 25.4 Å². The van der Waals surface area contributed by atoms with E-state index in [9.17, 15) is 14.4 Å². The molecule has 3 aromatic rings. The Hall–Kier alpha value is -4.04. The van der Waals surface area contributed by atoms with Crippen LogP contribution in [0.3, 0.4) is 0 Å². The van der Waals surface area contributed by atoms with E-state index in [4.69, 9.17) is 21.1 Å². The highest BCUT2D eigenvalue weighted by Gasteiger charge is 2.12. The van der Waals surface area contributed by atoms with Gasteiger partial charge in [0.15, 0.2) is 6.61 Å². The molecule has 0 fully saturated rings. The van der Waals surface area contributed by atoms with Crippen molar-refractivity contribution in [2.45, 2.75) is 0 Å². The number of halogens is 1. The van der Waals surface area contributed by atoms with Gasteiger partial charge in [-0.3, -0.25) is 14.4 Å². The van der Waals surface area contributed by atoms with Crippen LogP contribution in [0.5, 0.6) is 11.5 Å². The summed E-state index contributed by atoms with van der Waals surface area (Å²) in [6.45, 7) is -0.199. The van der Waals surface area contributed by atoms with Crippen molar-refractivity contribution >= 4 is 40.7 Å². The number of ether oxygens (including phenoxy) is 2. The van der Waals surface area contributed by atoms with E-state index in [1.54, 1.807) is 61.7 Å². The van der Waals surface area contributed by atoms with Gasteiger partial charge in [-0.1, -0.05) is 17.7 Å². The molecule has 3 amide bonds. The van der Waals surface area contributed by atoms with E-state index in [0.717, 1.165) is 0 Å². The van der Waals surface area contributed by atoms with Crippen molar-refractivity contribution < 1.29 is 23.9 Å². The number of hydrogen-bond acceptors (Lipinski definition) is 5. The highest BCUT2D eigenvalue weighted by molar-refractivity contribution is 6.34. The quantitative estimate of drug-likeness (QED) is 0.464. The van der Waals surface area contributed by atoms with E-state index in [-0.39, 0.29) is 34.9 Å². The summed E-state index contributed by atoms with van der Waals surface area (Å²) in [4.78, 5) is 36.5. The molecule has 0 aliphatic heterocycles. The number of methoxy groups -OCH3 is 1. The van der Waals surface area contributed by atoms with Crippen LogP contribution >= 0.6 is 11.6 Å². The minimum atomic E-state index is -0.373. The summed E-state index contributed by atoms with van der Waals surface area (Å²) >= 11 is 6.03. The molecule has 8 nitrogen and oxygen atoms in total. The van der Waals surface area contributed by atoms with Crippen molar-refractivity contribution in [1.82, 2.24) is 5.32 Å². The fourth-order valence-corrected chi connectivity index (χ4v) is 3.07. The average molecular weight is 468 g/mol. The summed E-state index contributed by atoms with van der Waals surface area (Å²) in [6, 6.07) is 17.9. The summed E-state index contributed by atoms with van der Waals surface area (Å²) in [5.41, 5.74) is 1.65. The van der Waals surface area contributed by atoms with Crippen LogP contribution in [0.15, 0.2) is 66.7 Å². The number of nitrogens with one attached hydrogen (secondary N) is 3. The molecule has 9 heteroatoms. The molecule has 170 valence electrons. The van der Waals surface area contributed by atoms with Crippen LogP contribution in [0, 0.1) is 0 Å². The molecule has 0 saturated carbocycles. The molecule has 0 aliphatic carbocycles. The van der Waals surface area contributed by atoms with Crippen LogP contribution < -0.4 is 25.4 Å². The second kappa shape index (κ2) is 11.0. The minimum Gasteiger partial charge on any atom is -0.497 e. The number of carbonyl (C=O) groups is 3. The van der Waals surface area contributed by atoms with Crippen molar-refractivity contribution in [2.75, 3.05) is 31.4 Å². The zero-order valence-corrected chi connectivity index (χ0v) is 18.7. The molecule has 0 heterocycles. The van der Waals surface area contributed by atoms with Gasteiger partial charge in [-0.05, 0) is 54.6 Å². The van der Waals surface area contributed by atoms with Crippen molar-refractivity contribution in [2.24, 2.45) is 0 Å². The van der Waals surface area contributed by atoms with E-state index in [2.05, 4.69) is 16.0 Å². The van der Waals surface area contributed by atoms with Gasteiger partial charge in [-0.2, -0.15) is 0 Å². The summed E-state index contributed by atoms with van der Waals surface area (Å²) < 4.78 is 10.6. The van der Waals surface area contributed by atoms with Crippen molar-refractivity contribution in [3.8, 4) is 11.5 Å². The molecule has 3 N–H and O–H groups in total. The highest BCUT2D eigenvalue weighted by Crippen LogP contribution is 2.22. The van der Waals surface area contributed by atoms with E-state index < -0.39 is 0 Å². The van der Waals surface area contributed by atoms with Crippen molar-refractivity contribution in [3.63, 3.8) is 0 Å². The number of amides is 3. The Morgan fingerprint density at radius 3 is 2.27 bits per heavy atom. The van der Waals surface area contributed by atoms with Gasteiger partial charge in [0.05, 0.1) is 17.7 Å². The number of benzene rings is 3. The first kappa shape index (κ1) is 23.6. The Morgan fingerprint density at radius 2 is 1.58 bits per heavy atom. The van der Waals surface area contributed by atoms with Crippen LogP contribution in [-0.4, -0.2) is 38.5 Å². The first-order chi connectivity index (χ1) is 15.9. The largest absolute Gasteiger partial charge is 0.497 e. The van der Waals surface area contributed by atoms with Crippen LogP contribution in [0.25, 0.3) is 0 Å². The molecule has 0 aromatic heterocycles. The number of hydrogen-bond donors (Lipinski definition) is 3. The lowest BCUT2D eigenvalue weighted by Gasteiger charge is -2.10. The molecule has 0 saturated heterocycles. The molecular weight excluding hydrogens is 446 g/mol. The maximum Gasteiger partial charge on any atom is 0.262 e. The fourth-order valence-electron chi connectivity index (χ4n) is 2.86. The lowest BCUT2D eigenvalue weighted by Crippen LogP contribution is -2.20. The number of rotatable bonds is 8. The van der Waals surface area contributed by atoms with E-state index in [1.807, 2.05) is 0 Å². The highest BCUT2D eigenvalue weighted by atomic mass is 35.5. The molecule has 0 atom stereocenters. The van der Waals surface area contributed by atoms with Gasteiger partial charge in [0.2, 0.25) is 0 Å². The third-order valence-electron chi connectivity index (χ3n) is 4.54. The summed E-state index contributed by atoms with van der Waals surface area (Å²) in [5, 5.41) is 8.21. The lowest BCUT2D eigenvalue weighted by atomic mass is 10.1. The van der Waals surface area contributed by atoms with Crippen molar-refractivity contribution in [1.29, 1.82) is 0 Å². The predicted octanol–water partition coefficient (Wildman–Crippen LogP) is 3.98. The van der Waals surface area contributed by atoms with Gasteiger partial charge in [0.25, 0.3) is 17.7 Å².